The third-order valence-electron chi connectivity index (χ3n) is 4.71. The zero-order valence-electron chi connectivity index (χ0n) is 13.6. The number of hydrogen-bond donors (Lipinski definition) is 3. The molecule has 7 heteroatoms. The first-order chi connectivity index (χ1) is 12.1. The Morgan fingerprint density at radius 1 is 1.08 bits per heavy atom. The number of aliphatic hydroxyl groups is 3. The highest BCUT2D eigenvalue weighted by molar-refractivity contribution is 5.78. The van der Waals surface area contributed by atoms with Crippen molar-refractivity contribution in [2.75, 3.05) is 0 Å². The molecule has 2 aromatic heterocycles. The molecule has 0 radical (unpaired) electrons. The Morgan fingerprint density at radius 3 is 2.60 bits per heavy atom. The van der Waals surface area contributed by atoms with Crippen LogP contribution in [0.4, 0.5) is 0 Å². The van der Waals surface area contributed by atoms with Gasteiger partial charge in [0.2, 0.25) is 0 Å². The van der Waals surface area contributed by atoms with E-state index in [1.165, 1.54) is 6.33 Å². The van der Waals surface area contributed by atoms with Gasteiger partial charge in [0.25, 0.3) is 0 Å². The van der Waals surface area contributed by atoms with Gasteiger partial charge in [-0.2, -0.15) is 0 Å². The van der Waals surface area contributed by atoms with Gasteiger partial charge in [0, 0.05) is 11.6 Å². The van der Waals surface area contributed by atoms with Gasteiger partial charge in [-0.25, -0.2) is 9.97 Å². The summed E-state index contributed by atoms with van der Waals surface area (Å²) in [6, 6.07) is 10.8. The average molecular weight is 341 g/mol. The minimum absolute atomic E-state index is 0.610. The Balaban J connectivity index is 1.67. The first-order valence-electron chi connectivity index (χ1n) is 8.10. The van der Waals surface area contributed by atoms with Gasteiger partial charge in [0.1, 0.15) is 36.4 Å². The van der Waals surface area contributed by atoms with E-state index in [9.17, 15) is 15.3 Å². The van der Waals surface area contributed by atoms with Gasteiger partial charge in [0.15, 0.2) is 6.23 Å². The molecule has 1 aromatic carbocycles. The minimum Gasteiger partial charge on any atom is -0.387 e. The summed E-state index contributed by atoms with van der Waals surface area (Å²) in [5.41, 5.74) is 2.05. The third kappa shape index (κ3) is 2.61. The zero-order valence-corrected chi connectivity index (χ0v) is 13.6. The van der Waals surface area contributed by atoms with E-state index in [0.29, 0.717) is 11.2 Å². The van der Waals surface area contributed by atoms with Crippen molar-refractivity contribution >= 4 is 11.0 Å². The molecule has 1 aliphatic rings. The van der Waals surface area contributed by atoms with Crippen LogP contribution in [0.5, 0.6) is 0 Å². The summed E-state index contributed by atoms with van der Waals surface area (Å²) in [6.45, 7) is 1.87. The van der Waals surface area contributed by atoms with E-state index < -0.39 is 30.6 Å². The number of hydrogen-bond acceptors (Lipinski definition) is 6. The maximum Gasteiger partial charge on any atom is 0.164 e. The van der Waals surface area contributed by atoms with Crippen LogP contribution in [0.25, 0.3) is 11.0 Å². The van der Waals surface area contributed by atoms with Gasteiger partial charge in [-0.1, -0.05) is 30.3 Å². The molecule has 3 heterocycles. The van der Waals surface area contributed by atoms with Gasteiger partial charge >= 0.3 is 0 Å². The molecule has 0 unspecified atom stereocenters. The lowest BCUT2D eigenvalue weighted by Gasteiger charge is -2.21. The lowest BCUT2D eigenvalue weighted by atomic mass is 9.99. The van der Waals surface area contributed by atoms with Crippen LogP contribution in [0.2, 0.25) is 0 Å². The van der Waals surface area contributed by atoms with Crippen LogP contribution >= 0.6 is 0 Å². The van der Waals surface area contributed by atoms with Gasteiger partial charge in [0.05, 0.1) is 5.69 Å². The summed E-state index contributed by atoms with van der Waals surface area (Å²) in [4.78, 5) is 8.40. The molecule has 0 saturated carbocycles. The standard InChI is InChI=1S/C18H19N3O4/c1-10-12-7-8-21(17(12)20-9-19-10)18-15(24)14(23)16(25-18)13(22)11-5-3-2-4-6-11/h2-9,13-16,18,22-24H,1H3/t13-,14-,15+,16-,18+/m0/s1. The van der Waals surface area contributed by atoms with E-state index in [1.54, 1.807) is 35.0 Å². The largest absolute Gasteiger partial charge is 0.387 e. The van der Waals surface area contributed by atoms with Crippen LogP contribution in [-0.4, -0.2) is 48.2 Å². The van der Waals surface area contributed by atoms with Crippen LogP contribution in [0.3, 0.4) is 0 Å². The quantitative estimate of drug-likeness (QED) is 0.659. The van der Waals surface area contributed by atoms with Crippen molar-refractivity contribution in [3.05, 3.63) is 60.2 Å². The van der Waals surface area contributed by atoms with E-state index in [1.807, 2.05) is 19.1 Å². The van der Waals surface area contributed by atoms with E-state index in [-0.39, 0.29) is 0 Å². The maximum atomic E-state index is 10.6. The van der Waals surface area contributed by atoms with Crippen LogP contribution < -0.4 is 0 Å². The second-order valence-corrected chi connectivity index (χ2v) is 6.25. The van der Waals surface area contributed by atoms with E-state index >= 15 is 0 Å². The second-order valence-electron chi connectivity index (χ2n) is 6.25. The molecule has 25 heavy (non-hydrogen) atoms. The smallest absolute Gasteiger partial charge is 0.164 e. The van der Waals surface area contributed by atoms with Crippen LogP contribution in [0.15, 0.2) is 48.9 Å². The Morgan fingerprint density at radius 2 is 1.84 bits per heavy atom. The molecule has 0 spiro atoms. The molecule has 5 atom stereocenters. The molecule has 3 aromatic rings. The van der Waals surface area contributed by atoms with Gasteiger partial charge in [-0.15, -0.1) is 0 Å². The highest BCUT2D eigenvalue weighted by Crippen LogP contribution is 2.37. The van der Waals surface area contributed by atoms with E-state index in [4.69, 9.17) is 4.74 Å². The van der Waals surface area contributed by atoms with Crippen LogP contribution in [0.1, 0.15) is 23.6 Å². The summed E-state index contributed by atoms with van der Waals surface area (Å²) in [5.74, 6) is 0. The van der Waals surface area contributed by atoms with Gasteiger partial charge in [-0.05, 0) is 18.6 Å². The normalized spacial score (nSPS) is 27.7. The van der Waals surface area contributed by atoms with Crippen molar-refractivity contribution in [1.82, 2.24) is 14.5 Å². The lowest BCUT2D eigenvalue weighted by molar-refractivity contribution is -0.0848. The summed E-state index contributed by atoms with van der Waals surface area (Å²) < 4.78 is 7.51. The Bertz CT molecular complexity index is 882. The van der Waals surface area contributed by atoms with E-state index in [2.05, 4.69) is 9.97 Å². The molecule has 130 valence electrons. The minimum atomic E-state index is -1.22. The molecule has 1 aliphatic heterocycles. The fraction of sp³-hybridized carbons (Fsp3) is 0.333. The number of aromatic nitrogens is 3. The summed E-state index contributed by atoms with van der Waals surface area (Å²) in [5, 5.41) is 32.3. The average Bonchev–Trinajstić information content (AvgIpc) is 3.18. The van der Waals surface area contributed by atoms with Crippen LogP contribution in [0, 0.1) is 6.92 Å². The van der Waals surface area contributed by atoms with Crippen molar-refractivity contribution in [1.29, 1.82) is 0 Å². The number of ether oxygens (including phenoxy) is 1. The van der Waals surface area contributed by atoms with Gasteiger partial charge in [-0.3, -0.25) is 0 Å². The Kier molecular flexibility index (Phi) is 4.01. The highest BCUT2D eigenvalue weighted by atomic mass is 16.6. The lowest BCUT2D eigenvalue weighted by Crippen LogP contribution is -2.34. The number of aryl methyl sites for hydroxylation is 1. The number of fused-ring (bicyclic) bond motifs is 1. The van der Waals surface area contributed by atoms with Crippen molar-refractivity contribution < 1.29 is 20.1 Å². The predicted octanol–water partition coefficient (Wildman–Crippen LogP) is 1.09. The summed E-state index contributed by atoms with van der Waals surface area (Å²) in [6.07, 6.45) is -2.05. The molecule has 3 N–H and O–H groups in total. The highest BCUT2D eigenvalue weighted by Gasteiger charge is 2.47. The topological polar surface area (TPSA) is 101 Å². The van der Waals surface area contributed by atoms with Crippen molar-refractivity contribution in [2.45, 2.75) is 37.6 Å². The monoisotopic (exact) mass is 341 g/mol. The predicted molar refractivity (Wildman–Crippen MR) is 89.6 cm³/mol. The fourth-order valence-electron chi connectivity index (χ4n) is 3.32. The Hall–Kier alpha value is -2.32. The number of benzene rings is 1. The molecule has 1 saturated heterocycles. The number of aliphatic hydroxyl groups excluding tert-OH is 3. The second kappa shape index (κ2) is 6.20. The molecule has 0 amide bonds. The first-order valence-corrected chi connectivity index (χ1v) is 8.10. The van der Waals surface area contributed by atoms with E-state index in [0.717, 1.165) is 11.1 Å². The molecule has 7 nitrogen and oxygen atoms in total. The maximum absolute atomic E-state index is 10.6. The molecule has 0 aliphatic carbocycles. The molecular formula is C18H19N3O4. The molecule has 4 rings (SSSR count). The summed E-state index contributed by atoms with van der Waals surface area (Å²) in [7, 11) is 0. The summed E-state index contributed by atoms with van der Waals surface area (Å²) >= 11 is 0. The first kappa shape index (κ1) is 16.2. The molecular weight excluding hydrogens is 322 g/mol. The Labute approximate surface area is 144 Å². The number of rotatable bonds is 3. The fourth-order valence-corrected chi connectivity index (χ4v) is 3.32. The van der Waals surface area contributed by atoms with Crippen molar-refractivity contribution in [3.8, 4) is 0 Å². The third-order valence-corrected chi connectivity index (χ3v) is 4.71. The SMILES string of the molecule is Cc1ncnc2c1ccn2[C@@H]1O[C@@H]([C@@H](O)c2ccccc2)[C@@H](O)[C@H]1O. The van der Waals surface area contributed by atoms with Gasteiger partial charge < -0.3 is 24.6 Å². The number of nitrogens with zero attached hydrogens (tertiary/aromatic N) is 3. The van der Waals surface area contributed by atoms with Crippen molar-refractivity contribution in [3.63, 3.8) is 0 Å². The molecule has 0 bridgehead atoms. The molecule has 1 fully saturated rings. The van der Waals surface area contributed by atoms with Crippen LogP contribution in [-0.2, 0) is 4.74 Å². The van der Waals surface area contributed by atoms with Crippen molar-refractivity contribution in [2.24, 2.45) is 0 Å². The zero-order chi connectivity index (χ0) is 17.6.